The molecule has 1 aliphatic heterocycles. The van der Waals surface area contributed by atoms with Crippen LogP contribution in [-0.2, 0) is 28.0 Å². The van der Waals surface area contributed by atoms with Crippen LogP contribution in [0.1, 0.15) is 36.0 Å². The Morgan fingerprint density at radius 3 is 3.00 bits per heavy atom. The second-order valence-corrected chi connectivity index (χ2v) is 7.15. The van der Waals surface area contributed by atoms with Gasteiger partial charge in [0.2, 0.25) is 0 Å². The molecule has 5 nitrogen and oxygen atoms in total. The van der Waals surface area contributed by atoms with Gasteiger partial charge >= 0.3 is 0 Å². The third-order valence-corrected chi connectivity index (χ3v) is 6.23. The standard InChI is InChI=1S/C18H23NO4/c1-23-15-7-12-13-6-10-2-3-11(9-20)17(22)16(10)18(12,4-5-19-13)8-14(15)21/h2-3,12-13,15,19-20,22H,4-9H2,1H3. The van der Waals surface area contributed by atoms with Gasteiger partial charge in [-0.15, -0.1) is 0 Å². The smallest absolute Gasteiger partial charge is 0.162 e. The molecule has 0 amide bonds. The molecular formula is C18H23NO4. The summed E-state index contributed by atoms with van der Waals surface area (Å²) < 4.78 is 5.40. The van der Waals surface area contributed by atoms with Crippen LogP contribution in [0, 0.1) is 5.92 Å². The summed E-state index contributed by atoms with van der Waals surface area (Å²) in [6, 6.07) is 4.12. The zero-order valence-electron chi connectivity index (χ0n) is 13.3. The van der Waals surface area contributed by atoms with Gasteiger partial charge < -0.3 is 20.3 Å². The number of fused-ring (bicyclic) bond motifs is 1. The third-order valence-electron chi connectivity index (χ3n) is 6.23. The summed E-state index contributed by atoms with van der Waals surface area (Å²) in [4.78, 5) is 12.6. The van der Waals surface area contributed by atoms with E-state index in [2.05, 4.69) is 5.32 Å². The van der Waals surface area contributed by atoms with E-state index in [-0.39, 0.29) is 35.6 Å². The Kier molecular flexibility index (Phi) is 3.48. The molecule has 1 saturated carbocycles. The third kappa shape index (κ3) is 2.00. The Bertz CT molecular complexity index is 659. The molecule has 23 heavy (non-hydrogen) atoms. The predicted molar refractivity (Wildman–Crippen MR) is 84.3 cm³/mol. The number of phenols is 1. The fourth-order valence-corrected chi connectivity index (χ4v) is 5.20. The van der Waals surface area contributed by atoms with E-state index in [0.717, 1.165) is 30.5 Å². The number of benzene rings is 1. The van der Waals surface area contributed by atoms with E-state index in [4.69, 9.17) is 4.74 Å². The number of ether oxygens (including phenoxy) is 1. The van der Waals surface area contributed by atoms with E-state index >= 15 is 0 Å². The zero-order chi connectivity index (χ0) is 16.2. The van der Waals surface area contributed by atoms with Gasteiger partial charge in [-0.3, -0.25) is 4.79 Å². The van der Waals surface area contributed by atoms with Crippen molar-refractivity contribution in [3.63, 3.8) is 0 Å². The van der Waals surface area contributed by atoms with Crippen molar-refractivity contribution in [2.24, 2.45) is 5.92 Å². The highest BCUT2D eigenvalue weighted by molar-refractivity contribution is 5.86. The lowest BCUT2D eigenvalue weighted by Gasteiger charge is -2.56. The van der Waals surface area contributed by atoms with E-state index in [1.54, 1.807) is 13.2 Å². The minimum absolute atomic E-state index is 0.131. The number of carbonyl (C=O) groups excluding carboxylic acids is 1. The summed E-state index contributed by atoms with van der Waals surface area (Å²) in [5.74, 6) is 0.608. The van der Waals surface area contributed by atoms with Crippen LogP contribution in [0.5, 0.6) is 5.75 Å². The summed E-state index contributed by atoms with van der Waals surface area (Å²) >= 11 is 0. The minimum Gasteiger partial charge on any atom is -0.507 e. The molecule has 4 atom stereocenters. The summed E-state index contributed by atoms with van der Waals surface area (Å²) in [6.07, 6.45) is 2.48. The van der Waals surface area contributed by atoms with E-state index in [0.29, 0.717) is 24.4 Å². The highest BCUT2D eigenvalue weighted by atomic mass is 16.5. The van der Waals surface area contributed by atoms with Crippen LogP contribution in [-0.4, -0.2) is 41.8 Å². The zero-order valence-corrected chi connectivity index (χ0v) is 13.3. The molecule has 0 radical (unpaired) electrons. The van der Waals surface area contributed by atoms with Crippen LogP contribution in [0.3, 0.4) is 0 Å². The van der Waals surface area contributed by atoms with Gasteiger partial charge in [0.1, 0.15) is 11.9 Å². The maximum absolute atomic E-state index is 12.6. The Hall–Kier alpha value is -1.43. The van der Waals surface area contributed by atoms with Gasteiger partial charge in [0.05, 0.1) is 6.61 Å². The number of rotatable bonds is 2. The average molecular weight is 317 g/mol. The number of aromatic hydroxyl groups is 1. The Labute approximate surface area is 135 Å². The molecule has 2 fully saturated rings. The van der Waals surface area contributed by atoms with Crippen molar-refractivity contribution in [2.75, 3.05) is 13.7 Å². The van der Waals surface area contributed by atoms with Crippen LogP contribution in [0.25, 0.3) is 0 Å². The van der Waals surface area contributed by atoms with Gasteiger partial charge in [-0.1, -0.05) is 12.1 Å². The minimum atomic E-state index is -0.333. The Morgan fingerprint density at radius 2 is 2.26 bits per heavy atom. The molecule has 3 aliphatic rings. The quantitative estimate of drug-likeness (QED) is 0.759. The number of aliphatic hydroxyl groups excluding tert-OH is 1. The number of hydrogen-bond donors (Lipinski definition) is 3. The van der Waals surface area contributed by atoms with Crippen molar-refractivity contribution in [3.05, 3.63) is 28.8 Å². The predicted octanol–water partition coefficient (Wildman–Crippen LogP) is 1.03. The maximum Gasteiger partial charge on any atom is 0.162 e. The number of aliphatic hydroxyl groups is 1. The molecule has 0 aromatic heterocycles. The van der Waals surface area contributed by atoms with Gasteiger partial charge in [-0.2, -0.15) is 0 Å². The number of carbonyl (C=O) groups is 1. The first-order chi connectivity index (χ1) is 11.1. The molecule has 2 aliphatic carbocycles. The van der Waals surface area contributed by atoms with Crippen LogP contribution in [0.15, 0.2) is 12.1 Å². The summed E-state index contributed by atoms with van der Waals surface area (Å²) in [5, 5.41) is 23.9. The normalized spacial score (nSPS) is 35.6. The second-order valence-electron chi connectivity index (χ2n) is 7.15. The molecular weight excluding hydrogens is 294 g/mol. The molecule has 5 heteroatoms. The fraction of sp³-hybridized carbons (Fsp3) is 0.611. The molecule has 4 unspecified atom stereocenters. The Balaban J connectivity index is 1.90. The molecule has 1 saturated heterocycles. The average Bonchev–Trinajstić information content (AvgIpc) is 2.53. The molecule has 1 heterocycles. The lowest BCUT2D eigenvalue weighted by atomic mass is 9.51. The first kappa shape index (κ1) is 15.1. The van der Waals surface area contributed by atoms with Crippen LogP contribution in [0.2, 0.25) is 0 Å². The highest BCUT2D eigenvalue weighted by Gasteiger charge is 2.56. The summed E-state index contributed by atoms with van der Waals surface area (Å²) in [5.41, 5.74) is 2.26. The molecule has 124 valence electrons. The summed E-state index contributed by atoms with van der Waals surface area (Å²) in [6.45, 7) is 0.671. The lowest BCUT2D eigenvalue weighted by Crippen LogP contribution is -2.62. The van der Waals surface area contributed by atoms with Gasteiger partial charge in [0.15, 0.2) is 5.78 Å². The first-order valence-corrected chi connectivity index (χ1v) is 8.34. The monoisotopic (exact) mass is 317 g/mol. The molecule has 2 bridgehead atoms. The van der Waals surface area contributed by atoms with Gasteiger partial charge in [-0.25, -0.2) is 0 Å². The van der Waals surface area contributed by atoms with Crippen molar-refractivity contribution in [1.82, 2.24) is 5.32 Å². The maximum atomic E-state index is 12.6. The fourth-order valence-electron chi connectivity index (χ4n) is 5.20. The molecule has 3 N–H and O–H groups in total. The van der Waals surface area contributed by atoms with E-state index in [1.165, 1.54) is 0 Å². The number of nitrogens with one attached hydrogen (secondary N) is 1. The van der Waals surface area contributed by atoms with Crippen LogP contribution >= 0.6 is 0 Å². The Morgan fingerprint density at radius 1 is 1.43 bits per heavy atom. The molecule has 1 aromatic carbocycles. The van der Waals surface area contributed by atoms with Gasteiger partial charge in [0.25, 0.3) is 0 Å². The summed E-state index contributed by atoms with van der Waals surface area (Å²) in [7, 11) is 1.60. The lowest BCUT2D eigenvalue weighted by molar-refractivity contribution is -0.138. The first-order valence-electron chi connectivity index (χ1n) is 8.34. The second kappa shape index (κ2) is 5.30. The van der Waals surface area contributed by atoms with Crippen molar-refractivity contribution < 1.29 is 19.7 Å². The topological polar surface area (TPSA) is 78.8 Å². The van der Waals surface area contributed by atoms with E-state index in [1.807, 2.05) is 6.07 Å². The van der Waals surface area contributed by atoms with Crippen molar-refractivity contribution in [2.45, 2.75) is 49.9 Å². The number of piperidine rings is 1. The number of ketones is 1. The van der Waals surface area contributed by atoms with Crippen molar-refractivity contribution >= 4 is 5.78 Å². The van der Waals surface area contributed by atoms with E-state index in [9.17, 15) is 15.0 Å². The highest BCUT2D eigenvalue weighted by Crippen LogP contribution is 2.56. The number of methoxy groups -OCH3 is 1. The molecule has 1 aromatic rings. The largest absolute Gasteiger partial charge is 0.507 e. The van der Waals surface area contributed by atoms with Crippen molar-refractivity contribution in [1.29, 1.82) is 0 Å². The van der Waals surface area contributed by atoms with Crippen LogP contribution in [0.4, 0.5) is 0 Å². The number of Topliss-reactive ketones (excluding diaryl/α,β-unsaturated/α-hetero) is 1. The van der Waals surface area contributed by atoms with Gasteiger partial charge in [0, 0.05) is 36.1 Å². The molecule has 0 spiro atoms. The van der Waals surface area contributed by atoms with Gasteiger partial charge in [-0.05, 0) is 37.3 Å². The SMILES string of the molecule is COC1CC2C3Cc4ccc(CO)c(O)c4C2(CCN3)CC1=O. The van der Waals surface area contributed by atoms with Crippen molar-refractivity contribution in [3.8, 4) is 5.75 Å². The molecule has 4 rings (SSSR count). The van der Waals surface area contributed by atoms with E-state index < -0.39 is 0 Å². The van der Waals surface area contributed by atoms with Crippen LogP contribution < -0.4 is 5.32 Å². The number of hydrogen-bond acceptors (Lipinski definition) is 5.